The number of phenols is 1. The maximum absolute atomic E-state index is 12.6. The largest absolute Gasteiger partial charge is 0.508 e. The third-order valence-corrected chi connectivity index (χ3v) is 4.71. The monoisotopic (exact) mass is 291 g/mol. The van der Waals surface area contributed by atoms with Crippen molar-refractivity contribution in [2.24, 2.45) is 5.41 Å². The second-order valence-electron chi connectivity index (χ2n) is 6.37. The number of nitrogens with zero attached hydrogens (tertiary/aromatic N) is 1. The molecule has 1 aliphatic rings. The van der Waals surface area contributed by atoms with Crippen LogP contribution in [0.1, 0.15) is 44.1 Å². The highest BCUT2D eigenvalue weighted by atomic mass is 16.3. The molecule has 4 nitrogen and oxygen atoms in total. The van der Waals surface area contributed by atoms with E-state index in [1.807, 2.05) is 14.0 Å². The Labute approximate surface area is 126 Å². The summed E-state index contributed by atoms with van der Waals surface area (Å²) in [5, 5.41) is 19.0. The number of aliphatic hydroxyl groups is 1. The molecular weight excluding hydrogens is 266 g/mol. The van der Waals surface area contributed by atoms with Gasteiger partial charge in [0.05, 0.1) is 12.5 Å². The first-order valence-electron chi connectivity index (χ1n) is 7.62. The molecule has 1 aromatic carbocycles. The topological polar surface area (TPSA) is 60.8 Å². The van der Waals surface area contributed by atoms with Crippen LogP contribution in [-0.4, -0.2) is 41.2 Å². The fourth-order valence-electron chi connectivity index (χ4n) is 3.31. The quantitative estimate of drug-likeness (QED) is 0.876. The lowest BCUT2D eigenvalue weighted by Gasteiger charge is -2.33. The van der Waals surface area contributed by atoms with E-state index in [0.717, 1.165) is 31.2 Å². The van der Waals surface area contributed by atoms with Crippen molar-refractivity contribution >= 4 is 5.91 Å². The van der Waals surface area contributed by atoms with Crippen LogP contribution in [0.2, 0.25) is 0 Å². The zero-order chi connectivity index (χ0) is 15.5. The Hall–Kier alpha value is -1.55. The summed E-state index contributed by atoms with van der Waals surface area (Å²) in [6.07, 6.45) is 4.26. The Kier molecular flexibility index (Phi) is 4.88. The molecule has 1 fully saturated rings. The Morgan fingerprint density at radius 1 is 1.29 bits per heavy atom. The molecule has 1 atom stereocenters. The number of carbonyl (C=O) groups is 1. The molecule has 1 saturated carbocycles. The molecule has 21 heavy (non-hydrogen) atoms. The standard InChI is InChI=1S/C17H25NO3/c1-13(14-5-7-15(20)8-6-14)16(21)18(2)11-17(12-19)9-3-4-10-17/h5-8,13,19-20H,3-4,9-12H2,1-2H3/t13-/m1/s1. The molecule has 116 valence electrons. The first-order valence-corrected chi connectivity index (χ1v) is 7.62. The number of likely N-dealkylation sites (N-methyl/N-ethyl adjacent to an activating group) is 1. The molecule has 1 aliphatic carbocycles. The van der Waals surface area contributed by atoms with Crippen LogP contribution >= 0.6 is 0 Å². The number of phenolic OH excluding ortho intramolecular Hbond substituents is 1. The van der Waals surface area contributed by atoms with Gasteiger partial charge in [-0.3, -0.25) is 4.79 Å². The fraction of sp³-hybridized carbons (Fsp3) is 0.588. The molecule has 1 amide bonds. The molecule has 0 bridgehead atoms. The van der Waals surface area contributed by atoms with Crippen LogP contribution < -0.4 is 0 Å². The van der Waals surface area contributed by atoms with Gasteiger partial charge in [0.15, 0.2) is 0 Å². The average molecular weight is 291 g/mol. The van der Waals surface area contributed by atoms with Crippen LogP contribution in [0.5, 0.6) is 5.75 Å². The predicted octanol–water partition coefficient (Wildman–Crippen LogP) is 2.51. The van der Waals surface area contributed by atoms with E-state index >= 15 is 0 Å². The zero-order valence-electron chi connectivity index (χ0n) is 12.9. The van der Waals surface area contributed by atoms with Gasteiger partial charge in [0.25, 0.3) is 0 Å². The van der Waals surface area contributed by atoms with Crippen LogP contribution in [-0.2, 0) is 4.79 Å². The van der Waals surface area contributed by atoms with Crippen molar-refractivity contribution in [1.82, 2.24) is 4.90 Å². The van der Waals surface area contributed by atoms with Crippen molar-refractivity contribution in [3.8, 4) is 5.75 Å². The third kappa shape index (κ3) is 3.56. The average Bonchev–Trinajstić information content (AvgIpc) is 2.95. The minimum Gasteiger partial charge on any atom is -0.508 e. The van der Waals surface area contributed by atoms with E-state index in [9.17, 15) is 15.0 Å². The van der Waals surface area contributed by atoms with E-state index < -0.39 is 0 Å². The summed E-state index contributed by atoms with van der Waals surface area (Å²) in [4.78, 5) is 14.3. The van der Waals surface area contributed by atoms with Gasteiger partial charge < -0.3 is 15.1 Å². The van der Waals surface area contributed by atoms with Crippen molar-refractivity contribution in [3.05, 3.63) is 29.8 Å². The second-order valence-corrected chi connectivity index (χ2v) is 6.37. The van der Waals surface area contributed by atoms with Gasteiger partial charge >= 0.3 is 0 Å². The number of hydrogen-bond donors (Lipinski definition) is 2. The number of benzene rings is 1. The Bertz CT molecular complexity index is 477. The molecule has 0 spiro atoms. The van der Waals surface area contributed by atoms with E-state index in [4.69, 9.17) is 0 Å². The van der Waals surface area contributed by atoms with Gasteiger partial charge in [0.1, 0.15) is 5.75 Å². The lowest BCUT2D eigenvalue weighted by atomic mass is 9.86. The fourth-order valence-corrected chi connectivity index (χ4v) is 3.31. The van der Waals surface area contributed by atoms with Crippen LogP contribution in [0.4, 0.5) is 0 Å². The maximum Gasteiger partial charge on any atom is 0.229 e. The molecule has 2 N–H and O–H groups in total. The summed E-state index contributed by atoms with van der Waals surface area (Å²) >= 11 is 0. The summed E-state index contributed by atoms with van der Waals surface area (Å²) < 4.78 is 0. The van der Waals surface area contributed by atoms with Crippen LogP contribution in [0.15, 0.2) is 24.3 Å². The van der Waals surface area contributed by atoms with Gasteiger partial charge in [-0.1, -0.05) is 25.0 Å². The third-order valence-electron chi connectivity index (χ3n) is 4.71. The molecule has 0 aromatic heterocycles. The molecule has 0 heterocycles. The Morgan fingerprint density at radius 3 is 2.38 bits per heavy atom. The van der Waals surface area contributed by atoms with Crippen molar-refractivity contribution < 1.29 is 15.0 Å². The molecule has 4 heteroatoms. The lowest BCUT2D eigenvalue weighted by molar-refractivity contribution is -0.133. The molecule has 2 rings (SSSR count). The number of aliphatic hydroxyl groups excluding tert-OH is 1. The van der Waals surface area contributed by atoms with E-state index in [0.29, 0.717) is 6.54 Å². The lowest BCUT2D eigenvalue weighted by Crippen LogP contribution is -2.41. The second kappa shape index (κ2) is 6.48. The first-order chi connectivity index (χ1) is 9.97. The summed E-state index contributed by atoms with van der Waals surface area (Å²) in [5.41, 5.74) is 0.785. The van der Waals surface area contributed by atoms with Gasteiger partial charge in [-0.15, -0.1) is 0 Å². The van der Waals surface area contributed by atoms with Gasteiger partial charge in [-0.25, -0.2) is 0 Å². The Balaban J connectivity index is 2.03. The highest BCUT2D eigenvalue weighted by Crippen LogP contribution is 2.38. The van der Waals surface area contributed by atoms with Crippen LogP contribution in [0.25, 0.3) is 0 Å². The highest BCUT2D eigenvalue weighted by Gasteiger charge is 2.36. The normalized spacial score (nSPS) is 18.4. The number of rotatable bonds is 5. The van der Waals surface area contributed by atoms with E-state index in [-0.39, 0.29) is 29.6 Å². The summed E-state index contributed by atoms with van der Waals surface area (Å²) in [5.74, 6) is 0.0186. The number of amides is 1. The maximum atomic E-state index is 12.6. The zero-order valence-corrected chi connectivity index (χ0v) is 12.9. The highest BCUT2D eigenvalue weighted by molar-refractivity contribution is 5.83. The van der Waals surface area contributed by atoms with Gasteiger partial charge in [0.2, 0.25) is 5.91 Å². The van der Waals surface area contributed by atoms with Crippen LogP contribution in [0, 0.1) is 5.41 Å². The van der Waals surface area contributed by atoms with E-state index in [1.165, 1.54) is 0 Å². The molecule has 0 radical (unpaired) electrons. The minimum absolute atomic E-state index is 0.0559. The van der Waals surface area contributed by atoms with Crippen molar-refractivity contribution in [1.29, 1.82) is 0 Å². The summed E-state index contributed by atoms with van der Waals surface area (Å²) in [7, 11) is 1.81. The van der Waals surface area contributed by atoms with Gasteiger partial charge in [-0.2, -0.15) is 0 Å². The smallest absolute Gasteiger partial charge is 0.229 e. The summed E-state index contributed by atoms with van der Waals surface area (Å²) in [6.45, 7) is 2.65. The minimum atomic E-state index is -0.243. The SMILES string of the molecule is C[C@@H](C(=O)N(C)CC1(CO)CCCC1)c1ccc(O)cc1. The van der Waals surface area contributed by atoms with Crippen molar-refractivity contribution in [2.45, 2.75) is 38.5 Å². The van der Waals surface area contributed by atoms with Crippen molar-refractivity contribution in [2.75, 3.05) is 20.2 Å². The number of carbonyl (C=O) groups excluding carboxylic acids is 1. The van der Waals surface area contributed by atoms with Gasteiger partial charge in [0, 0.05) is 19.0 Å². The van der Waals surface area contributed by atoms with Crippen LogP contribution in [0.3, 0.4) is 0 Å². The Morgan fingerprint density at radius 2 is 1.86 bits per heavy atom. The number of hydrogen-bond acceptors (Lipinski definition) is 3. The number of aromatic hydroxyl groups is 1. The first kappa shape index (κ1) is 15.8. The molecule has 0 aliphatic heterocycles. The molecule has 0 saturated heterocycles. The summed E-state index contributed by atoms with van der Waals surface area (Å²) in [6, 6.07) is 6.77. The molecule has 0 unspecified atom stereocenters. The van der Waals surface area contributed by atoms with E-state index in [2.05, 4.69) is 0 Å². The van der Waals surface area contributed by atoms with Gasteiger partial charge in [-0.05, 0) is 37.5 Å². The molecular formula is C17H25NO3. The molecule has 1 aromatic rings. The predicted molar refractivity (Wildman–Crippen MR) is 82.1 cm³/mol. The van der Waals surface area contributed by atoms with E-state index in [1.54, 1.807) is 29.2 Å². The van der Waals surface area contributed by atoms with Crippen molar-refractivity contribution in [3.63, 3.8) is 0 Å².